The van der Waals surface area contributed by atoms with Gasteiger partial charge in [0.2, 0.25) is 0 Å². The summed E-state index contributed by atoms with van der Waals surface area (Å²) in [6.45, 7) is 2.17. The van der Waals surface area contributed by atoms with Gasteiger partial charge in [0.15, 0.2) is 5.11 Å². The standard InChI is InChI=1S/C17H26N2OS/c1-3-16(13-9-11-15(20-2)12-10-13)19-17(21)18-14-7-5-4-6-8-14/h9-12,14,16H,3-8H2,1-2H3,(H2,18,19,21)/t16-/m0/s1. The Morgan fingerprint density at radius 2 is 1.90 bits per heavy atom. The number of ether oxygens (including phenoxy) is 1. The molecule has 0 unspecified atom stereocenters. The van der Waals surface area contributed by atoms with E-state index in [1.54, 1.807) is 7.11 Å². The molecule has 21 heavy (non-hydrogen) atoms. The fourth-order valence-electron chi connectivity index (χ4n) is 2.89. The van der Waals surface area contributed by atoms with Crippen LogP contribution in [-0.4, -0.2) is 18.3 Å². The zero-order valence-electron chi connectivity index (χ0n) is 13.0. The fourth-order valence-corrected chi connectivity index (χ4v) is 3.20. The minimum atomic E-state index is 0.250. The molecule has 0 aromatic heterocycles. The Kier molecular flexibility index (Phi) is 6.30. The molecule has 0 saturated heterocycles. The Morgan fingerprint density at radius 1 is 1.24 bits per heavy atom. The molecule has 0 heterocycles. The molecule has 0 bridgehead atoms. The van der Waals surface area contributed by atoms with Crippen LogP contribution in [0.2, 0.25) is 0 Å². The lowest BCUT2D eigenvalue weighted by Gasteiger charge is -2.27. The molecule has 2 rings (SSSR count). The number of methoxy groups -OCH3 is 1. The topological polar surface area (TPSA) is 33.3 Å². The Balaban J connectivity index is 1.89. The molecule has 0 amide bonds. The first-order valence-corrected chi connectivity index (χ1v) is 8.34. The van der Waals surface area contributed by atoms with E-state index in [2.05, 4.69) is 29.7 Å². The number of nitrogens with one attached hydrogen (secondary N) is 2. The highest BCUT2D eigenvalue weighted by molar-refractivity contribution is 7.80. The first-order chi connectivity index (χ1) is 10.2. The van der Waals surface area contributed by atoms with Crippen molar-refractivity contribution in [2.24, 2.45) is 0 Å². The second-order valence-corrected chi connectivity index (χ2v) is 6.09. The minimum absolute atomic E-state index is 0.250. The lowest BCUT2D eigenvalue weighted by atomic mass is 9.96. The van der Waals surface area contributed by atoms with E-state index in [-0.39, 0.29) is 6.04 Å². The maximum absolute atomic E-state index is 5.48. The summed E-state index contributed by atoms with van der Waals surface area (Å²) < 4.78 is 5.21. The van der Waals surface area contributed by atoms with Crippen LogP contribution in [0.15, 0.2) is 24.3 Å². The second-order valence-electron chi connectivity index (χ2n) is 5.69. The van der Waals surface area contributed by atoms with Gasteiger partial charge in [0.25, 0.3) is 0 Å². The number of benzene rings is 1. The Hall–Kier alpha value is -1.29. The van der Waals surface area contributed by atoms with Gasteiger partial charge in [-0.3, -0.25) is 0 Å². The van der Waals surface area contributed by atoms with E-state index in [9.17, 15) is 0 Å². The van der Waals surface area contributed by atoms with Crippen LogP contribution >= 0.6 is 12.2 Å². The molecular formula is C17H26N2OS. The van der Waals surface area contributed by atoms with Crippen LogP contribution < -0.4 is 15.4 Å². The van der Waals surface area contributed by atoms with Gasteiger partial charge in [-0.1, -0.05) is 38.3 Å². The highest BCUT2D eigenvalue weighted by Crippen LogP contribution is 2.21. The summed E-state index contributed by atoms with van der Waals surface area (Å²) in [7, 11) is 1.69. The first-order valence-electron chi connectivity index (χ1n) is 7.94. The third-order valence-corrected chi connectivity index (χ3v) is 4.41. The maximum atomic E-state index is 5.48. The van der Waals surface area contributed by atoms with Crippen molar-refractivity contribution in [2.75, 3.05) is 7.11 Å². The Morgan fingerprint density at radius 3 is 2.48 bits per heavy atom. The third kappa shape index (κ3) is 4.88. The predicted octanol–water partition coefficient (Wildman–Crippen LogP) is 3.94. The van der Waals surface area contributed by atoms with Crippen molar-refractivity contribution in [3.05, 3.63) is 29.8 Å². The molecule has 0 aliphatic heterocycles. The lowest BCUT2D eigenvalue weighted by molar-refractivity contribution is 0.409. The average molecular weight is 306 g/mol. The SMILES string of the molecule is CC[C@H](NC(=S)NC1CCCCC1)c1ccc(OC)cc1. The molecule has 0 spiro atoms. The van der Waals surface area contributed by atoms with E-state index in [1.807, 2.05) is 12.1 Å². The van der Waals surface area contributed by atoms with Crippen LogP contribution in [0, 0.1) is 0 Å². The van der Waals surface area contributed by atoms with E-state index in [4.69, 9.17) is 17.0 Å². The van der Waals surface area contributed by atoms with Crippen LogP contribution in [0.25, 0.3) is 0 Å². The van der Waals surface area contributed by atoms with Crippen LogP contribution in [-0.2, 0) is 0 Å². The summed E-state index contributed by atoms with van der Waals surface area (Å²) >= 11 is 5.48. The van der Waals surface area contributed by atoms with Gasteiger partial charge in [-0.2, -0.15) is 0 Å². The summed E-state index contributed by atoms with van der Waals surface area (Å²) in [4.78, 5) is 0. The van der Waals surface area contributed by atoms with Crippen molar-refractivity contribution in [1.29, 1.82) is 0 Å². The molecule has 1 fully saturated rings. The van der Waals surface area contributed by atoms with Gasteiger partial charge in [-0.15, -0.1) is 0 Å². The highest BCUT2D eigenvalue weighted by Gasteiger charge is 2.16. The molecule has 1 aromatic rings. The van der Waals surface area contributed by atoms with Crippen molar-refractivity contribution >= 4 is 17.3 Å². The van der Waals surface area contributed by atoms with E-state index < -0.39 is 0 Å². The van der Waals surface area contributed by atoms with Crippen molar-refractivity contribution < 1.29 is 4.74 Å². The second kappa shape index (κ2) is 8.23. The van der Waals surface area contributed by atoms with Gasteiger partial charge in [0.1, 0.15) is 5.75 Å². The molecule has 116 valence electrons. The van der Waals surface area contributed by atoms with Crippen LogP contribution in [0.1, 0.15) is 57.1 Å². The zero-order chi connectivity index (χ0) is 15.1. The predicted molar refractivity (Wildman–Crippen MR) is 91.8 cm³/mol. The van der Waals surface area contributed by atoms with E-state index in [0.717, 1.165) is 17.3 Å². The van der Waals surface area contributed by atoms with Crippen molar-refractivity contribution in [3.8, 4) is 5.75 Å². The normalized spacial score (nSPS) is 17.0. The molecule has 1 saturated carbocycles. The molecule has 1 atom stereocenters. The van der Waals surface area contributed by atoms with Crippen LogP contribution in [0.3, 0.4) is 0 Å². The summed E-state index contributed by atoms with van der Waals surface area (Å²) in [5.74, 6) is 0.886. The lowest BCUT2D eigenvalue weighted by Crippen LogP contribution is -2.43. The molecule has 4 heteroatoms. The number of hydrogen-bond donors (Lipinski definition) is 2. The van der Waals surface area contributed by atoms with E-state index in [0.29, 0.717) is 6.04 Å². The molecule has 1 aliphatic carbocycles. The Labute approximate surface area is 133 Å². The van der Waals surface area contributed by atoms with Crippen LogP contribution in [0.4, 0.5) is 0 Å². The number of hydrogen-bond acceptors (Lipinski definition) is 2. The third-order valence-electron chi connectivity index (χ3n) is 4.17. The first kappa shape index (κ1) is 16.1. The quantitative estimate of drug-likeness (QED) is 0.807. The van der Waals surface area contributed by atoms with Crippen LogP contribution in [0.5, 0.6) is 5.75 Å². The summed E-state index contributed by atoms with van der Waals surface area (Å²) in [6.07, 6.45) is 7.47. The maximum Gasteiger partial charge on any atom is 0.166 e. The Bertz CT molecular complexity index is 441. The smallest absolute Gasteiger partial charge is 0.166 e. The number of thiocarbonyl (C=S) groups is 1. The van der Waals surface area contributed by atoms with Gasteiger partial charge >= 0.3 is 0 Å². The largest absolute Gasteiger partial charge is 0.497 e. The van der Waals surface area contributed by atoms with E-state index >= 15 is 0 Å². The monoisotopic (exact) mass is 306 g/mol. The minimum Gasteiger partial charge on any atom is -0.497 e. The van der Waals surface area contributed by atoms with Gasteiger partial charge in [-0.25, -0.2) is 0 Å². The van der Waals surface area contributed by atoms with Crippen molar-refractivity contribution in [1.82, 2.24) is 10.6 Å². The van der Waals surface area contributed by atoms with Gasteiger partial charge in [0.05, 0.1) is 13.2 Å². The number of rotatable bonds is 5. The molecular weight excluding hydrogens is 280 g/mol. The molecule has 3 nitrogen and oxygen atoms in total. The zero-order valence-corrected chi connectivity index (χ0v) is 13.8. The van der Waals surface area contributed by atoms with Gasteiger partial charge in [-0.05, 0) is 49.2 Å². The summed E-state index contributed by atoms with van der Waals surface area (Å²) in [5.41, 5.74) is 1.24. The van der Waals surface area contributed by atoms with Gasteiger partial charge < -0.3 is 15.4 Å². The highest BCUT2D eigenvalue weighted by atomic mass is 32.1. The average Bonchev–Trinajstić information content (AvgIpc) is 2.53. The van der Waals surface area contributed by atoms with E-state index in [1.165, 1.54) is 37.7 Å². The van der Waals surface area contributed by atoms with Crippen molar-refractivity contribution in [3.63, 3.8) is 0 Å². The molecule has 0 radical (unpaired) electrons. The summed E-state index contributed by atoms with van der Waals surface area (Å²) in [6, 6.07) is 8.99. The van der Waals surface area contributed by atoms with Crippen molar-refractivity contribution in [2.45, 2.75) is 57.5 Å². The van der Waals surface area contributed by atoms with Gasteiger partial charge in [0, 0.05) is 6.04 Å². The fraction of sp³-hybridized carbons (Fsp3) is 0.588. The summed E-state index contributed by atoms with van der Waals surface area (Å²) in [5, 5.41) is 7.70. The molecule has 1 aromatic carbocycles. The molecule has 2 N–H and O–H groups in total. The molecule has 1 aliphatic rings.